The van der Waals surface area contributed by atoms with Crippen molar-refractivity contribution in [3.05, 3.63) is 36.0 Å². The summed E-state index contributed by atoms with van der Waals surface area (Å²) in [5.74, 6) is 1.27. The molecule has 0 fully saturated rings. The summed E-state index contributed by atoms with van der Waals surface area (Å²) in [6, 6.07) is 8.63. The lowest BCUT2D eigenvalue weighted by atomic mass is 10.1. The lowest BCUT2D eigenvalue weighted by Crippen LogP contribution is -2.01. The van der Waals surface area contributed by atoms with Gasteiger partial charge in [-0.25, -0.2) is 4.98 Å². The summed E-state index contributed by atoms with van der Waals surface area (Å²) in [5, 5.41) is 12.1. The molecule has 1 aromatic carbocycles. The molecule has 0 aliphatic rings. The van der Waals surface area contributed by atoms with Crippen molar-refractivity contribution in [2.75, 3.05) is 23.8 Å². The molecule has 0 bridgehead atoms. The molecule has 0 atom stereocenters. The van der Waals surface area contributed by atoms with Gasteiger partial charge >= 0.3 is 0 Å². The average molecular weight is 255 g/mol. The van der Waals surface area contributed by atoms with Crippen LogP contribution < -0.4 is 21.5 Å². The molecule has 6 nitrogen and oxygen atoms in total. The van der Waals surface area contributed by atoms with Gasteiger partial charge in [0.25, 0.3) is 0 Å². The quantitative estimate of drug-likeness (QED) is 0.723. The Morgan fingerprint density at radius 1 is 1.32 bits per heavy atom. The van der Waals surface area contributed by atoms with Gasteiger partial charge in [0, 0.05) is 19.3 Å². The Hall–Kier alpha value is -2.94. The van der Waals surface area contributed by atoms with Crippen LogP contribution in [-0.4, -0.2) is 12.0 Å². The predicted octanol–water partition coefficient (Wildman–Crippen LogP) is 1.95. The maximum atomic E-state index is 9.22. The number of nitrogens with zero attached hydrogens (tertiary/aromatic N) is 2. The lowest BCUT2D eigenvalue weighted by Gasteiger charge is -2.12. The number of anilines is 3. The molecule has 19 heavy (non-hydrogen) atoms. The number of hydrogen-bond acceptors (Lipinski definition) is 6. The van der Waals surface area contributed by atoms with Crippen molar-refractivity contribution in [1.82, 2.24) is 4.98 Å². The van der Waals surface area contributed by atoms with Crippen LogP contribution in [0.2, 0.25) is 0 Å². The van der Waals surface area contributed by atoms with Crippen molar-refractivity contribution >= 4 is 17.2 Å². The standard InChI is InChI=1S/C13H13N5O/c1-17-13-9(7-14)11(3-2-10(13)15)19-8-4-5-18-12(16)6-8/h2-6,17H,15H2,1H3,(H2,16,18). The number of nitrogens with two attached hydrogens (primary N) is 2. The van der Waals surface area contributed by atoms with Crippen molar-refractivity contribution in [2.45, 2.75) is 0 Å². The van der Waals surface area contributed by atoms with E-state index in [1.807, 2.05) is 0 Å². The third-order valence-electron chi connectivity index (χ3n) is 2.54. The SMILES string of the molecule is CNc1c(N)ccc(Oc2ccnc(N)c2)c1C#N. The fraction of sp³-hybridized carbons (Fsp3) is 0.0769. The Morgan fingerprint density at radius 3 is 2.74 bits per heavy atom. The molecule has 0 radical (unpaired) electrons. The zero-order valence-corrected chi connectivity index (χ0v) is 10.3. The van der Waals surface area contributed by atoms with Crippen LogP contribution in [0.3, 0.4) is 0 Å². The van der Waals surface area contributed by atoms with E-state index in [9.17, 15) is 5.26 Å². The number of nitriles is 1. The summed E-state index contributed by atoms with van der Waals surface area (Å²) in [7, 11) is 1.70. The zero-order chi connectivity index (χ0) is 13.8. The number of ether oxygens (including phenoxy) is 1. The van der Waals surface area contributed by atoms with Gasteiger partial charge in [-0.05, 0) is 18.2 Å². The Labute approximate surface area is 110 Å². The molecule has 6 heteroatoms. The highest BCUT2D eigenvalue weighted by Crippen LogP contribution is 2.33. The molecule has 0 spiro atoms. The van der Waals surface area contributed by atoms with Crippen LogP contribution in [0, 0.1) is 11.3 Å². The Balaban J connectivity index is 2.44. The maximum Gasteiger partial charge on any atom is 0.147 e. The normalized spacial score (nSPS) is 9.68. The predicted molar refractivity (Wildman–Crippen MR) is 73.8 cm³/mol. The van der Waals surface area contributed by atoms with Crippen molar-refractivity contribution in [3.63, 3.8) is 0 Å². The van der Waals surface area contributed by atoms with Crippen molar-refractivity contribution < 1.29 is 4.74 Å². The third-order valence-corrected chi connectivity index (χ3v) is 2.54. The number of benzene rings is 1. The molecule has 1 heterocycles. The first kappa shape index (κ1) is 12.5. The molecule has 0 saturated heterocycles. The number of rotatable bonds is 3. The minimum absolute atomic E-state index is 0.345. The number of nitrogens with one attached hydrogen (secondary N) is 1. The van der Waals surface area contributed by atoms with Crippen molar-refractivity contribution in [3.8, 4) is 17.6 Å². The molecule has 1 aromatic heterocycles. The second-order valence-electron chi connectivity index (χ2n) is 3.78. The highest BCUT2D eigenvalue weighted by atomic mass is 16.5. The molecule has 0 unspecified atom stereocenters. The summed E-state index contributed by atoms with van der Waals surface area (Å²) in [6.45, 7) is 0. The van der Waals surface area contributed by atoms with Gasteiger partial charge in [-0.15, -0.1) is 0 Å². The van der Waals surface area contributed by atoms with Gasteiger partial charge < -0.3 is 21.5 Å². The van der Waals surface area contributed by atoms with Gasteiger partial charge in [0.05, 0.1) is 11.4 Å². The highest BCUT2D eigenvalue weighted by Gasteiger charge is 2.12. The van der Waals surface area contributed by atoms with Crippen LogP contribution in [0.5, 0.6) is 11.5 Å². The number of aromatic nitrogens is 1. The van der Waals surface area contributed by atoms with E-state index in [1.165, 1.54) is 6.20 Å². The average Bonchev–Trinajstić information content (AvgIpc) is 2.40. The van der Waals surface area contributed by atoms with Crippen LogP contribution in [-0.2, 0) is 0 Å². The van der Waals surface area contributed by atoms with E-state index in [0.29, 0.717) is 34.3 Å². The van der Waals surface area contributed by atoms with Crippen molar-refractivity contribution in [1.29, 1.82) is 5.26 Å². The molecular formula is C13H13N5O. The van der Waals surface area contributed by atoms with Gasteiger partial charge in [0.15, 0.2) is 0 Å². The number of pyridine rings is 1. The van der Waals surface area contributed by atoms with Gasteiger partial charge in [-0.3, -0.25) is 0 Å². The Kier molecular flexibility index (Phi) is 3.39. The largest absolute Gasteiger partial charge is 0.456 e. The van der Waals surface area contributed by atoms with Crippen LogP contribution in [0.25, 0.3) is 0 Å². The number of hydrogen-bond donors (Lipinski definition) is 3. The van der Waals surface area contributed by atoms with Crippen molar-refractivity contribution in [2.24, 2.45) is 0 Å². The molecule has 5 N–H and O–H groups in total. The van der Waals surface area contributed by atoms with Gasteiger partial charge in [0.2, 0.25) is 0 Å². The first-order valence-electron chi connectivity index (χ1n) is 5.55. The minimum atomic E-state index is 0.345. The Morgan fingerprint density at radius 2 is 2.11 bits per heavy atom. The first-order valence-corrected chi connectivity index (χ1v) is 5.55. The first-order chi connectivity index (χ1) is 9.15. The summed E-state index contributed by atoms with van der Waals surface area (Å²) >= 11 is 0. The summed E-state index contributed by atoms with van der Waals surface area (Å²) in [4.78, 5) is 3.87. The molecule has 96 valence electrons. The summed E-state index contributed by atoms with van der Waals surface area (Å²) in [6.07, 6.45) is 1.53. The van der Waals surface area contributed by atoms with Crippen LogP contribution >= 0.6 is 0 Å². The van der Waals surface area contributed by atoms with E-state index < -0.39 is 0 Å². The highest BCUT2D eigenvalue weighted by molar-refractivity contribution is 5.77. The maximum absolute atomic E-state index is 9.22. The van der Waals surface area contributed by atoms with E-state index >= 15 is 0 Å². The molecule has 0 amide bonds. The second-order valence-corrected chi connectivity index (χ2v) is 3.78. The monoisotopic (exact) mass is 255 g/mol. The topological polar surface area (TPSA) is 110 Å². The van der Waals surface area contributed by atoms with Crippen LogP contribution in [0.4, 0.5) is 17.2 Å². The molecule has 0 aliphatic heterocycles. The smallest absolute Gasteiger partial charge is 0.147 e. The zero-order valence-electron chi connectivity index (χ0n) is 10.3. The number of nitrogen functional groups attached to an aromatic ring is 2. The molecule has 0 saturated carbocycles. The van der Waals surface area contributed by atoms with Crippen LogP contribution in [0.1, 0.15) is 5.56 Å². The van der Waals surface area contributed by atoms with Gasteiger partial charge in [-0.1, -0.05) is 0 Å². The van der Waals surface area contributed by atoms with E-state index in [2.05, 4.69) is 16.4 Å². The van der Waals surface area contributed by atoms with E-state index in [0.717, 1.165) is 0 Å². The van der Waals surface area contributed by atoms with E-state index in [1.54, 1.807) is 31.3 Å². The Bertz CT molecular complexity index is 648. The van der Waals surface area contributed by atoms with E-state index in [4.69, 9.17) is 16.2 Å². The molecule has 2 aromatic rings. The van der Waals surface area contributed by atoms with Crippen LogP contribution in [0.15, 0.2) is 30.5 Å². The van der Waals surface area contributed by atoms with E-state index in [-0.39, 0.29) is 0 Å². The summed E-state index contributed by atoms with van der Waals surface area (Å²) < 4.78 is 5.64. The molecule has 2 rings (SSSR count). The fourth-order valence-corrected chi connectivity index (χ4v) is 1.68. The fourth-order valence-electron chi connectivity index (χ4n) is 1.68. The molecular weight excluding hydrogens is 242 g/mol. The van der Waals surface area contributed by atoms with Gasteiger partial charge in [0.1, 0.15) is 28.9 Å². The summed E-state index contributed by atoms with van der Waals surface area (Å²) in [5.41, 5.74) is 12.7. The second kappa shape index (κ2) is 5.14. The van der Waals surface area contributed by atoms with Gasteiger partial charge in [-0.2, -0.15) is 5.26 Å². The third kappa shape index (κ3) is 2.50. The minimum Gasteiger partial charge on any atom is -0.456 e. The molecule has 0 aliphatic carbocycles. The lowest BCUT2D eigenvalue weighted by molar-refractivity contribution is 0.481.